The van der Waals surface area contributed by atoms with Gasteiger partial charge >= 0.3 is 7.94 Å². The van der Waals surface area contributed by atoms with Crippen LogP contribution in [0.25, 0.3) is 22.3 Å². The van der Waals surface area contributed by atoms with Crippen LogP contribution < -0.4 is 5.30 Å². The van der Waals surface area contributed by atoms with Gasteiger partial charge in [0.1, 0.15) is 0 Å². The van der Waals surface area contributed by atoms with Crippen LogP contribution in [0.15, 0.2) is 78.9 Å². The van der Waals surface area contributed by atoms with Gasteiger partial charge < -0.3 is 0 Å². The van der Waals surface area contributed by atoms with Crippen LogP contribution in [0.3, 0.4) is 0 Å². The second kappa shape index (κ2) is 5.99. The third-order valence-electron chi connectivity index (χ3n) is 3.51. The van der Waals surface area contributed by atoms with Crippen LogP contribution in [-0.2, 0) is 0 Å². The number of benzene rings is 3. The lowest BCUT2D eigenvalue weighted by Gasteiger charge is -2.15. The van der Waals surface area contributed by atoms with E-state index in [-0.39, 0.29) is 5.30 Å². The molecule has 0 amide bonds. The molecule has 0 spiro atoms. The molecule has 0 aromatic heterocycles. The second-order valence-corrected chi connectivity index (χ2v) is 6.62. The summed E-state index contributed by atoms with van der Waals surface area (Å²) in [4.78, 5) is 29.5. The summed E-state index contributed by atoms with van der Waals surface area (Å²) in [6.07, 6.45) is 0. The summed E-state index contributed by atoms with van der Waals surface area (Å²) in [5.74, 6) is 0. The molecule has 3 aromatic rings. The summed E-state index contributed by atoms with van der Waals surface area (Å²) in [5, 5.41) is 0.167. The highest BCUT2D eigenvalue weighted by molar-refractivity contribution is 7.67. The molecule has 0 radical (unpaired) electrons. The topological polar surface area (TPSA) is 60.7 Å². The standard InChI is InChI=1S/C18H16O3P/c19-22(20,21)17-13-7-12-16(14-8-3-1-4-9-14)18(17)15-10-5-2-6-11-15/h1-13,19-21H/q+1. The highest BCUT2D eigenvalue weighted by Gasteiger charge is 2.38. The normalized spacial score (nSPS) is 11.4. The molecule has 0 fully saturated rings. The molecular weight excluding hydrogens is 295 g/mol. The van der Waals surface area contributed by atoms with Crippen molar-refractivity contribution in [1.82, 2.24) is 0 Å². The summed E-state index contributed by atoms with van der Waals surface area (Å²) in [5.41, 5.74) is 3.29. The molecule has 0 atom stereocenters. The lowest BCUT2D eigenvalue weighted by atomic mass is 9.94. The van der Waals surface area contributed by atoms with Crippen LogP contribution in [-0.4, -0.2) is 14.7 Å². The fourth-order valence-electron chi connectivity index (χ4n) is 2.56. The molecule has 3 N–H and O–H groups in total. The van der Waals surface area contributed by atoms with E-state index in [1.165, 1.54) is 0 Å². The quantitative estimate of drug-likeness (QED) is 0.650. The Morgan fingerprint density at radius 3 is 1.64 bits per heavy atom. The molecule has 110 valence electrons. The van der Waals surface area contributed by atoms with Gasteiger partial charge in [-0.1, -0.05) is 72.8 Å². The second-order valence-electron chi connectivity index (χ2n) is 5.00. The Kier molecular flexibility index (Phi) is 4.06. The maximum absolute atomic E-state index is 9.82. The average Bonchev–Trinajstić information content (AvgIpc) is 2.55. The molecule has 0 aliphatic rings. The van der Waals surface area contributed by atoms with Crippen LogP contribution in [0, 0.1) is 0 Å². The van der Waals surface area contributed by atoms with E-state index >= 15 is 0 Å². The summed E-state index contributed by atoms with van der Waals surface area (Å²) in [6, 6.07) is 24.3. The van der Waals surface area contributed by atoms with Gasteiger partial charge in [0.15, 0.2) is 5.30 Å². The third kappa shape index (κ3) is 2.94. The molecule has 3 nitrogen and oxygen atoms in total. The SMILES string of the molecule is O[P+](O)(O)c1cccc(-c2ccccc2)c1-c1ccccc1. The van der Waals surface area contributed by atoms with Gasteiger partial charge in [-0.05, 0) is 22.8 Å². The van der Waals surface area contributed by atoms with Crippen LogP contribution >= 0.6 is 7.94 Å². The molecule has 0 heterocycles. The summed E-state index contributed by atoms with van der Waals surface area (Å²) < 4.78 is 0. The zero-order valence-electron chi connectivity index (χ0n) is 11.8. The van der Waals surface area contributed by atoms with Crippen molar-refractivity contribution in [2.75, 3.05) is 0 Å². The summed E-state index contributed by atoms with van der Waals surface area (Å²) in [6.45, 7) is 0. The van der Waals surface area contributed by atoms with E-state index < -0.39 is 7.94 Å². The first-order chi connectivity index (χ1) is 10.6. The van der Waals surface area contributed by atoms with Crippen molar-refractivity contribution < 1.29 is 14.7 Å². The predicted molar refractivity (Wildman–Crippen MR) is 90.5 cm³/mol. The Bertz CT molecular complexity index is 765. The largest absolute Gasteiger partial charge is 0.441 e. The Balaban J connectivity index is 2.32. The molecule has 0 unspecified atom stereocenters. The van der Waals surface area contributed by atoms with Gasteiger partial charge in [-0.25, -0.2) is 0 Å². The number of hydrogen-bond donors (Lipinski definition) is 3. The van der Waals surface area contributed by atoms with Crippen molar-refractivity contribution in [3.63, 3.8) is 0 Å². The Morgan fingerprint density at radius 2 is 1.09 bits per heavy atom. The van der Waals surface area contributed by atoms with E-state index in [2.05, 4.69) is 0 Å². The zero-order valence-corrected chi connectivity index (χ0v) is 12.7. The lowest BCUT2D eigenvalue weighted by Crippen LogP contribution is -2.13. The van der Waals surface area contributed by atoms with Crippen molar-refractivity contribution in [1.29, 1.82) is 0 Å². The molecule has 0 saturated heterocycles. The predicted octanol–water partition coefficient (Wildman–Crippen LogP) is 3.39. The Morgan fingerprint density at radius 1 is 0.545 bits per heavy atom. The van der Waals surface area contributed by atoms with Crippen LogP contribution in [0.2, 0.25) is 0 Å². The molecule has 0 aliphatic heterocycles. The van der Waals surface area contributed by atoms with E-state index in [0.717, 1.165) is 16.7 Å². The van der Waals surface area contributed by atoms with Crippen LogP contribution in [0.1, 0.15) is 0 Å². The molecule has 3 aromatic carbocycles. The molecule has 3 rings (SSSR count). The van der Waals surface area contributed by atoms with Crippen molar-refractivity contribution in [3.05, 3.63) is 78.9 Å². The smallest absolute Gasteiger partial charge is 0.189 e. The third-order valence-corrected chi connectivity index (χ3v) is 4.53. The van der Waals surface area contributed by atoms with Gasteiger partial charge in [-0.3, -0.25) is 0 Å². The van der Waals surface area contributed by atoms with Crippen molar-refractivity contribution in [2.45, 2.75) is 0 Å². The summed E-state index contributed by atoms with van der Waals surface area (Å²) in [7, 11) is -4.12. The average molecular weight is 311 g/mol. The molecule has 0 bridgehead atoms. The fourth-order valence-corrected chi connectivity index (χ4v) is 3.39. The first kappa shape index (κ1) is 14.9. The van der Waals surface area contributed by atoms with Gasteiger partial charge in [0.05, 0.1) is 0 Å². The van der Waals surface area contributed by atoms with E-state index in [0.29, 0.717) is 5.56 Å². The maximum Gasteiger partial charge on any atom is 0.441 e. The molecule has 4 heteroatoms. The first-order valence-electron chi connectivity index (χ1n) is 6.89. The monoisotopic (exact) mass is 311 g/mol. The molecule has 22 heavy (non-hydrogen) atoms. The van der Waals surface area contributed by atoms with E-state index in [1.54, 1.807) is 12.1 Å². The van der Waals surface area contributed by atoms with E-state index in [9.17, 15) is 14.7 Å². The maximum atomic E-state index is 9.82. The van der Waals surface area contributed by atoms with Crippen molar-refractivity contribution in [2.24, 2.45) is 0 Å². The molecule has 0 saturated carbocycles. The Labute approximate surface area is 129 Å². The van der Waals surface area contributed by atoms with Crippen LogP contribution in [0.4, 0.5) is 0 Å². The first-order valence-corrected chi connectivity index (χ1v) is 8.54. The highest BCUT2D eigenvalue weighted by atomic mass is 31.2. The number of rotatable bonds is 3. The highest BCUT2D eigenvalue weighted by Crippen LogP contribution is 2.48. The van der Waals surface area contributed by atoms with Gasteiger partial charge in [-0.2, -0.15) is 14.7 Å². The van der Waals surface area contributed by atoms with Gasteiger partial charge in [-0.15, -0.1) is 0 Å². The van der Waals surface area contributed by atoms with Crippen molar-refractivity contribution in [3.8, 4) is 22.3 Å². The van der Waals surface area contributed by atoms with Gasteiger partial charge in [0.25, 0.3) is 0 Å². The number of hydrogen-bond acceptors (Lipinski definition) is 3. The fraction of sp³-hybridized carbons (Fsp3) is 0. The Hall–Kier alpha value is -2.03. The minimum atomic E-state index is -4.12. The van der Waals surface area contributed by atoms with Gasteiger partial charge in [0, 0.05) is 5.56 Å². The van der Waals surface area contributed by atoms with E-state index in [4.69, 9.17) is 0 Å². The van der Waals surface area contributed by atoms with Crippen molar-refractivity contribution >= 4 is 13.2 Å². The van der Waals surface area contributed by atoms with Crippen LogP contribution in [0.5, 0.6) is 0 Å². The minimum absolute atomic E-state index is 0.167. The summed E-state index contributed by atoms with van der Waals surface area (Å²) >= 11 is 0. The minimum Gasteiger partial charge on any atom is -0.189 e. The molecular formula is C18H16O3P+. The molecule has 0 aliphatic carbocycles. The van der Waals surface area contributed by atoms with E-state index in [1.807, 2.05) is 66.7 Å². The lowest BCUT2D eigenvalue weighted by molar-refractivity contribution is 0.347. The van der Waals surface area contributed by atoms with Gasteiger partial charge in [0.2, 0.25) is 0 Å². The zero-order chi connectivity index (χ0) is 15.6.